The smallest absolute Gasteiger partial charge is 0.0606 e. The molecule has 0 N–H and O–H groups in total. The number of allylic oxidation sites excluding steroid dienone is 2. The summed E-state index contributed by atoms with van der Waals surface area (Å²) in [7, 11) is 4.64. The highest BCUT2D eigenvalue weighted by atomic mass is 31.1. The quantitative estimate of drug-likeness (QED) is 0.258. The Morgan fingerprint density at radius 2 is 1.02 bits per heavy atom. The fourth-order valence-electron chi connectivity index (χ4n) is 9.56. The van der Waals surface area contributed by atoms with Gasteiger partial charge in [0.2, 0.25) is 0 Å². The zero-order chi connectivity index (χ0) is 28.0. The van der Waals surface area contributed by atoms with Crippen LogP contribution in [-0.4, -0.2) is 41.6 Å². The van der Waals surface area contributed by atoms with Crippen LogP contribution in [0, 0.1) is 0 Å². The average molecular weight is 592 g/mol. The molecule has 4 fully saturated rings. The Balaban J connectivity index is 1.41. The highest BCUT2D eigenvalue weighted by Crippen LogP contribution is 2.65. The third kappa shape index (κ3) is 7.10. The minimum Gasteiger partial charge on any atom is -0.299 e. The average Bonchev–Trinajstić information content (AvgIpc) is 3.49. The summed E-state index contributed by atoms with van der Waals surface area (Å²) in [6.45, 7) is 0. The molecule has 4 saturated carbocycles. The molecule has 0 heterocycles. The molecule has 0 saturated heterocycles. The van der Waals surface area contributed by atoms with Gasteiger partial charge >= 0.3 is 0 Å². The predicted octanol–water partition coefficient (Wildman–Crippen LogP) is 11.4. The first-order chi connectivity index (χ1) is 20.2. The van der Waals surface area contributed by atoms with Gasteiger partial charge in [-0.1, -0.05) is 129 Å². The van der Waals surface area contributed by atoms with Crippen molar-refractivity contribution in [3.05, 3.63) is 52.9 Å². The van der Waals surface area contributed by atoms with E-state index in [0.29, 0.717) is 6.04 Å². The Bertz CT molecular complexity index is 982. The second-order valence-corrected chi connectivity index (χ2v) is 20.0. The van der Waals surface area contributed by atoms with E-state index in [4.69, 9.17) is 0 Å². The lowest BCUT2D eigenvalue weighted by Gasteiger charge is -2.42. The number of rotatable bonds is 9. The Kier molecular flexibility index (Phi) is 11.2. The maximum Gasteiger partial charge on any atom is 0.0606 e. The first-order valence-corrected chi connectivity index (χ1v) is 20.9. The van der Waals surface area contributed by atoms with Gasteiger partial charge in [0.25, 0.3) is 0 Å². The molecule has 0 radical (unpaired) electrons. The molecule has 0 amide bonds. The molecule has 226 valence electrons. The minimum absolute atomic E-state index is 0.0385. The molecular formula is C38H59NP2. The summed E-state index contributed by atoms with van der Waals surface area (Å²) in [5, 5.41) is 3.75. The Labute approximate surface area is 255 Å². The number of hydrogen-bond acceptors (Lipinski definition) is 1. The summed E-state index contributed by atoms with van der Waals surface area (Å²) < 4.78 is 0. The van der Waals surface area contributed by atoms with Gasteiger partial charge in [0.15, 0.2) is 0 Å². The van der Waals surface area contributed by atoms with Crippen molar-refractivity contribution < 1.29 is 0 Å². The molecule has 3 heteroatoms. The molecule has 0 aliphatic heterocycles. The maximum absolute atomic E-state index is 2.63. The van der Waals surface area contributed by atoms with E-state index in [1.165, 1.54) is 135 Å². The molecule has 1 aromatic carbocycles. The van der Waals surface area contributed by atoms with Gasteiger partial charge in [0.05, 0.1) is 6.04 Å². The number of hydrogen-bond donors (Lipinski definition) is 0. The van der Waals surface area contributed by atoms with Crippen molar-refractivity contribution in [3.63, 3.8) is 0 Å². The summed E-state index contributed by atoms with van der Waals surface area (Å²) >= 11 is 0. The van der Waals surface area contributed by atoms with E-state index in [1.807, 2.05) is 10.6 Å². The molecule has 1 atom stereocenters. The summed E-state index contributed by atoms with van der Waals surface area (Å²) in [6, 6.07) is 10.4. The fraction of sp³-hybridized carbons (Fsp3) is 0.737. The molecule has 5 aliphatic carbocycles. The van der Waals surface area contributed by atoms with Crippen LogP contribution in [0.1, 0.15) is 146 Å². The van der Waals surface area contributed by atoms with Gasteiger partial charge in [-0.3, -0.25) is 4.90 Å². The van der Waals surface area contributed by atoms with Crippen LogP contribution in [0.15, 0.2) is 47.3 Å². The van der Waals surface area contributed by atoms with Gasteiger partial charge < -0.3 is 0 Å². The Hall–Kier alpha value is -0.480. The number of likely N-dealkylation sites (N-methyl/N-ethyl adjacent to an activating group) is 1. The van der Waals surface area contributed by atoms with Gasteiger partial charge in [0, 0.05) is 0 Å². The van der Waals surface area contributed by atoms with Crippen LogP contribution in [0.25, 0.3) is 0 Å². The van der Waals surface area contributed by atoms with Crippen LogP contribution >= 0.6 is 15.8 Å². The molecule has 1 nitrogen and oxygen atoms in total. The van der Waals surface area contributed by atoms with E-state index in [1.54, 1.807) is 11.1 Å². The molecule has 5 aliphatic rings. The van der Waals surface area contributed by atoms with Crippen molar-refractivity contribution in [2.75, 3.05) is 14.1 Å². The molecule has 41 heavy (non-hydrogen) atoms. The summed E-state index contributed by atoms with van der Waals surface area (Å²) in [6.07, 6.45) is 36.2. The SMILES string of the molecule is CN(C)C(C1=C(P(C2CCCCC2)C2CCCCC2)CC=C1)c1ccccc1P(C1CCCCC1)C1CCCCC1. The Morgan fingerprint density at radius 3 is 1.49 bits per heavy atom. The van der Waals surface area contributed by atoms with Gasteiger partial charge in [-0.2, -0.15) is 0 Å². The molecule has 1 unspecified atom stereocenters. The fourth-order valence-corrected chi connectivity index (χ4v) is 17.7. The third-order valence-corrected chi connectivity index (χ3v) is 18.7. The van der Waals surface area contributed by atoms with Gasteiger partial charge in [-0.15, -0.1) is 0 Å². The van der Waals surface area contributed by atoms with E-state index in [2.05, 4.69) is 55.4 Å². The zero-order valence-corrected chi connectivity index (χ0v) is 28.3. The van der Waals surface area contributed by atoms with Crippen LogP contribution in [0.5, 0.6) is 0 Å². The first-order valence-electron chi connectivity index (χ1n) is 17.9. The summed E-state index contributed by atoms with van der Waals surface area (Å²) in [5.41, 5.74) is 7.34. The Morgan fingerprint density at radius 1 is 0.585 bits per heavy atom. The van der Waals surface area contributed by atoms with Crippen LogP contribution in [0.2, 0.25) is 0 Å². The normalized spacial score (nSPS) is 25.2. The number of benzene rings is 1. The lowest BCUT2D eigenvalue weighted by molar-refractivity contribution is 0.342. The highest BCUT2D eigenvalue weighted by Gasteiger charge is 2.39. The van der Waals surface area contributed by atoms with E-state index < -0.39 is 0 Å². The summed E-state index contributed by atoms with van der Waals surface area (Å²) in [4.78, 5) is 2.62. The number of nitrogens with zero attached hydrogens (tertiary/aromatic N) is 1. The van der Waals surface area contributed by atoms with Gasteiger partial charge in [0.1, 0.15) is 0 Å². The maximum atomic E-state index is 2.63. The van der Waals surface area contributed by atoms with Gasteiger partial charge in [-0.25, -0.2) is 0 Å². The van der Waals surface area contributed by atoms with Crippen molar-refractivity contribution in [2.24, 2.45) is 0 Å². The minimum atomic E-state index is -0.106. The van der Waals surface area contributed by atoms with E-state index in [-0.39, 0.29) is 15.8 Å². The third-order valence-electron chi connectivity index (χ3n) is 11.4. The largest absolute Gasteiger partial charge is 0.299 e. The second kappa shape index (κ2) is 15.0. The molecule has 1 aromatic rings. The van der Waals surface area contributed by atoms with Crippen molar-refractivity contribution >= 4 is 21.1 Å². The lowest BCUT2D eigenvalue weighted by Crippen LogP contribution is -2.32. The second-order valence-electron chi connectivity index (χ2n) is 14.4. The molecule has 0 spiro atoms. The standard InChI is InChI=1S/C38H59NP2/c1-39(2)38(35-27-17-29-37(35)41(32-22-11-5-12-23-32)33-24-13-6-14-25-33)34-26-15-16-28-36(34)40(30-18-7-3-8-19-30)31-20-9-4-10-21-31/h15-17,26-28,30-33,38H,3-14,18-25,29H2,1-2H3. The monoisotopic (exact) mass is 591 g/mol. The van der Waals surface area contributed by atoms with Crippen LogP contribution in [0.4, 0.5) is 0 Å². The van der Waals surface area contributed by atoms with E-state index in [9.17, 15) is 0 Å². The van der Waals surface area contributed by atoms with Crippen molar-refractivity contribution in [2.45, 2.75) is 164 Å². The van der Waals surface area contributed by atoms with Crippen LogP contribution in [0.3, 0.4) is 0 Å². The predicted molar refractivity (Wildman–Crippen MR) is 185 cm³/mol. The first kappa shape index (κ1) is 30.5. The van der Waals surface area contributed by atoms with Crippen molar-refractivity contribution in [3.8, 4) is 0 Å². The van der Waals surface area contributed by atoms with Gasteiger partial charge in [-0.05, 0) is 116 Å². The topological polar surface area (TPSA) is 3.24 Å². The van der Waals surface area contributed by atoms with E-state index >= 15 is 0 Å². The van der Waals surface area contributed by atoms with E-state index in [0.717, 1.165) is 22.6 Å². The molecular weight excluding hydrogens is 532 g/mol. The molecule has 0 bridgehead atoms. The van der Waals surface area contributed by atoms with Crippen LogP contribution < -0.4 is 5.30 Å². The van der Waals surface area contributed by atoms with Crippen molar-refractivity contribution in [1.29, 1.82) is 0 Å². The molecule has 6 rings (SSSR count). The molecule has 0 aromatic heterocycles. The van der Waals surface area contributed by atoms with Crippen molar-refractivity contribution in [1.82, 2.24) is 4.90 Å². The highest BCUT2D eigenvalue weighted by molar-refractivity contribution is 7.67. The lowest BCUT2D eigenvalue weighted by atomic mass is 9.98. The summed E-state index contributed by atoms with van der Waals surface area (Å²) in [5.74, 6) is 0. The zero-order valence-electron chi connectivity index (χ0n) is 26.5. The van der Waals surface area contributed by atoms with Crippen LogP contribution in [-0.2, 0) is 0 Å².